The molecule has 2 aromatic heterocycles. The van der Waals surface area contributed by atoms with Gasteiger partial charge in [0.05, 0.1) is 17.8 Å². The van der Waals surface area contributed by atoms with Gasteiger partial charge < -0.3 is 10.2 Å². The van der Waals surface area contributed by atoms with Crippen LogP contribution in [-0.4, -0.2) is 23.8 Å². The average molecular weight is 381 g/mol. The van der Waals surface area contributed by atoms with Crippen LogP contribution in [0.5, 0.6) is 0 Å². The Labute approximate surface area is 159 Å². The summed E-state index contributed by atoms with van der Waals surface area (Å²) >= 11 is 3.01. The van der Waals surface area contributed by atoms with Crippen LogP contribution >= 0.6 is 23.1 Å². The molecule has 1 aliphatic rings. The van der Waals surface area contributed by atoms with Crippen molar-refractivity contribution in [3.63, 3.8) is 0 Å². The SMILES string of the molecule is CN1C(=O)c2cccnc2Sc2cc(C(=O)NCc3cccs3)ccc21. The maximum absolute atomic E-state index is 12.6. The standard InChI is InChI=1S/C19H15N3O2S2/c1-22-15-7-6-12(17(23)21-11-13-4-3-9-25-13)10-16(15)26-18-14(19(22)24)5-2-8-20-18/h2-10H,11H2,1H3,(H,21,23). The normalized spacial score (nSPS) is 13.0. The average Bonchev–Trinajstić information content (AvgIpc) is 3.15. The number of fused-ring (bicyclic) bond motifs is 2. The van der Waals surface area contributed by atoms with Gasteiger partial charge in [0, 0.05) is 28.6 Å². The van der Waals surface area contributed by atoms with Crippen LogP contribution in [0, 0.1) is 0 Å². The largest absolute Gasteiger partial charge is 0.347 e. The van der Waals surface area contributed by atoms with Crippen molar-refractivity contribution in [1.82, 2.24) is 10.3 Å². The van der Waals surface area contributed by atoms with Crippen molar-refractivity contribution in [2.75, 3.05) is 11.9 Å². The molecule has 2 amide bonds. The Kier molecular flexibility index (Phi) is 4.48. The van der Waals surface area contributed by atoms with Crippen LogP contribution in [-0.2, 0) is 6.54 Å². The number of hydrogen-bond acceptors (Lipinski definition) is 5. The van der Waals surface area contributed by atoms with Gasteiger partial charge in [0.2, 0.25) is 0 Å². The lowest BCUT2D eigenvalue weighted by molar-refractivity contribution is 0.0950. The lowest BCUT2D eigenvalue weighted by Gasteiger charge is -2.17. The third-order valence-electron chi connectivity index (χ3n) is 4.10. The van der Waals surface area contributed by atoms with E-state index < -0.39 is 0 Å². The Balaban J connectivity index is 1.63. The lowest BCUT2D eigenvalue weighted by Crippen LogP contribution is -2.26. The minimum absolute atomic E-state index is 0.103. The van der Waals surface area contributed by atoms with Crippen LogP contribution in [0.1, 0.15) is 25.6 Å². The molecular formula is C19H15N3O2S2. The first-order valence-corrected chi connectivity index (χ1v) is 9.68. The molecule has 130 valence electrons. The fourth-order valence-electron chi connectivity index (χ4n) is 2.73. The molecule has 3 aromatic rings. The van der Waals surface area contributed by atoms with Gasteiger partial charge in [0.25, 0.3) is 11.8 Å². The summed E-state index contributed by atoms with van der Waals surface area (Å²) in [6, 6.07) is 12.8. The molecule has 0 aliphatic carbocycles. The van der Waals surface area contributed by atoms with Crippen molar-refractivity contribution in [3.8, 4) is 0 Å². The highest BCUT2D eigenvalue weighted by atomic mass is 32.2. The summed E-state index contributed by atoms with van der Waals surface area (Å²) < 4.78 is 0. The van der Waals surface area contributed by atoms with E-state index in [2.05, 4.69) is 10.3 Å². The van der Waals surface area contributed by atoms with Gasteiger partial charge in [-0.25, -0.2) is 4.98 Å². The summed E-state index contributed by atoms with van der Waals surface area (Å²) in [5.41, 5.74) is 1.90. The van der Waals surface area contributed by atoms with Crippen LogP contribution in [0.25, 0.3) is 0 Å². The number of carbonyl (C=O) groups is 2. The first kappa shape index (κ1) is 16.8. The molecule has 1 N–H and O–H groups in total. The first-order valence-electron chi connectivity index (χ1n) is 7.99. The van der Waals surface area contributed by atoms with E-state index in [0.717, 1.165) is 15.5 Å². The minimum Gasteiger partial charge on any atom is -0.347 e. The smallest absolute Gasteiger partial charge is 0.260 e. The Morgan fingerprint density at radius 2 is 2.12 bits per heavy atom. The number of anilines is 1. The molecular weight excluding hydrogens is 366 g/mol. The van der Waals surface area contributed by atoms with Gasteiger partial charge in [-0.2, -0.15) is 0 Å². The highest BCUT2D eigenvalue weighted by Gasteiger charge is 2.26. The van der Waals surface area contributed by atoms with Crippen molar-refractivity contribution >= 4 is 40.6 Å². The fourth-order valence-corrected chi connectivity index (χ4v) is 4.45. The molecule has 0 saturated heterocycles. The quantitative estimate of drug-likeness (QED) is 0.749. The molecule has 0 spiro atoms. The Morgan fingerprint density at radius 1 is 1.23 bits per heavy atom. The van der Waals surface area contributed by atoms with Crippen molar-refractivity contribution in [2.24, 2.45) is 0 Å². The number of nitrogens with zero attached hydrogens (tertiary/aromatic N) is 2. The van der Waals surface area contributed by atoms with E-state index in [4.69, 9.17) is 0 Å². The monoisotopic (exact) mass is 381 g/mol. The number of hydrogen-bond donors (Lipinski definition) is 1. The van der Waals surface area contributed by atoms with Crippen LogP contribution in [0.15, 0.2) is 64.0 Å². The minimum atomic E-state index is -0.138. The van der Waals surface area contributed by atoms with Gasteiger partial charge in [-0.3, -0.25) is 9.59 Å². The summed E-state index contributed by atoms with van der Waals surface area (Å²) in [5.74, 6) is -0.240. The van der Waals surface area contributed by atoms with Crippen molar-refractivity contribution in [1.29, 1.82) is 0 Å². The van der Waals surface area contributed by atoms with E-state index in [0.29, 0.717) is 22.7 Å². The Hall–Kier alpha value is -2.64. The molecule has 0 bridgehead atoms. The zero-order valence-electron chi connectivity index (χ0n) is 13.9. The van der Waals surface area contributed by atoms with Crippen molar-refractivity contribution < 1.29 is 9.59 Å². The predicted molar refractivity (Wildman–Crippen MR) is 103 cm³/mol. The van der Waals surface area contributed by atoms with E-state index in [-0.39, 0.29) is 11.8 Å². The van der Waals surface area contributed by atoms with E-state index >= 15 is 0 Å². The van der Waals surface area contributed by atoms with Gasteiger partial charge in [0.1, 0.15) is 5.03 Å². The van der Waals surface area contributed by atoms with Gasteiger partial charge in [-0.05, 0) is 41.8 Å². The second-order valence-electron chi connectivity index (χ2n) is 5.77. The highest BCUT2D eigenvalue weighted by molar-refractivity contribution is 7.99. The van der Waals surface area contributed by atoms with Gasteiger partial charge in [-0.1, -0.05) is 17.8 Å². The zero-order chi connectivity index (χ0) is 18.1. The maximum Gasteiger partial charge on any atom is 0.260 e. The van der Waals surface area contributed by atoms with E-state index in [1.165, 1.54) is 11.8 Å². The lowest BCUT2D eigenvalue weighted by atomic mass is 10.1. The number of pyridine rings is 1. The Bertz CT molecular complexity index is 986. The second kappa shape index (κ2) is 6.93. The first-order chi connectivity index (χ1) is 12.6. The highest BCUT2D eigenvalue weighted by Crippen LogP contribution is 2.40. The zero-order valence-corrected chi connectivity index (χ0v) is 15.6. The molecule has 0 radical (unpaired) electrons. The van der Waals surface area contributed by atoms with Crippen molar-refractivity contribution in [2.45, 2.75) is 16.5 Å². The molecule has 0 saturated carbocycles. The summed E-state index contributed by atoms with van der Waals surface area (Å²) in [7, 11) is 1.74. The summed E-state index contributed by atoms with van der Waals surface area (Å²) in [4.78, 5) is 33.0. The number of carbonyl (C=O) groups excluding carboxylic acids is 2. The Morgan fingerprint density at radius 3 is 2.92 bits per heavy atom. The third-order valence-corrected chi connectivity index (χ3v) is 6.04. The van der Waals surface area contributed by atoms with E-state index in [9.17, 15) is 9.59 Å². The number of amides is 2. The fraction of sp³-hybridized carbons (Fsp3) is 0.105. The molecule has 5 nitrogen and oxygen atoms in total. The third kappa shape index (κ3) is 3.11. The molecule has 3 heterocycles. The number of thiophene rings is 1. The van der Waals surface area contributed by atoms with Crippen LogP contribution in [0.2, 0.25) is 0 Å². The summed E-state index contributed by atoms with van der Waals surface area (Å²) in [6.45, 7) is 0.503. The number of aromatic nitrogens is 1. The summed E-state index contributed by atoms with van der Waals surface area (Å²) in [5, 5.41) is 5.56. The molecule has 7 heteroatoms. The van der Waals surface area contributed by atoms with Crippen molar-refractivity contribution in [3.05, 3.63) is 70.0 Å². The second-order valence-corrected chi connectivity index (χ2v) is 7.83. The molecule has 0 atom stereocenters. The maximum atomic E-state index is 12.6. The summed E-state index contributed by atoms with van der Waals surface area (Å²) in [6.07, 6.45) is 1.67. The number of benzene rings is 1. The van der Waals surface area contributed by atoms with E-state index in [1.54, 1.807) is 47.7 Å². The number of nitrogens with one attached hydrogen (secondary N) is 1. The predicted octanol–water partition coefficient (Wildman–Crippen LogP) is 3.81. The molecule has 4 rings (SSSR count). The number of rotatable bonds is 3. The van der Waals surface area contributed by atoms with Crippen LogP contribution in [0.3, 0.4) is 0 Å². The van der Waals surface area contributed by atoms with Gasteiger partial charge >= 0.3 is 0 Å². The molecule has 0 fully saturated rings. The van der Waals surface area contributed by atoms with Gasteiger partial charge in [0.15, 0.2) is 0 Å². The van der Waals surface area contributed by atoms with E-state index in [1.807, 2.05) is 29.6 Å². The van der Waals surface area contributed by atoms with Crippen LogP contribution < -0.4 is 10.2 Å². The molecule has 1 aliphatic heterocycles. The van der Waals surface area contributed by atoms with Crippen LogP contribution in [0.4, 0.5) is 5.69 Å². The molecule has 1 aromatic carbocycles. The molecule has 0 unspecified atom stereocenters. The van der Waals surface area contributed by atoms with Gasteiger partial charge in [-0.15, -0.1) is 11.3 Å². The topological polar surface area (TPSA) is 62.3 Å². The molecule has 26 heavy (non-hydrogen) atoms.